The number of nitro groups is 1. The van der Waals surface area contributed by atoms with Gasteiger partial charge in [0.15, 0.2) is 0 Å². The maximum absolute atomic E-state index is 12.9. The first-order valence-electron chi connectivity index (χ1n) is 9.31. The van der Waals surface area contributed by atoms with E-state index >= 15 is 0 Å². The van der Waals surface area contributed by atoms with Gasteiger partial charge in [0.05, 0.1) is 17.7 Å². The highest BCUT2D eigenvalue weighted by Gasteiger charge is 2.35. The molecule has 0 unspecified atom stereocenters. The number of anilines is 1. The van der Waals surface area contributed by atoms with Gasteiger partial charge < -0.3 is 19.5 Å². The zero-order chi connectivity index (χ0) is 22.6. The first-order valence-corrected chi connectivity index (χ1v) is 9.31. The summed E-state index contributed by atoms with van der Waals surface area (Å²) in [6.07, 6.45) is -1.09. The summed E-state index contributed by atoms with van der Waals surface area (Å²) in [7, 11) is 1.11. The lowest BCUT2D eigenvalue weighted by Gasteiger charge is -2.38. The Morgan fingerprint density at radius 1 is 1.23 bits per heavy atom. The molecule has 30 heavy (non-hydrogen) atoms. The van der Waals surface area contributed by atoms with Gasteiger partial charge in [-0.25, -0.2) is 14.4 Å². The molecule has 1 saturated heterocycles. The van der Waals surface area contributed by atoms with Crippen LogP contribution in [-0.4, -0.2) is 64.9 Å². The van der Waals surface area contributed by atoms with E-state index in [4.69, 9.17) is 9.84 Å². The molecule has 0 radical (unpaired) electrons. The van der Waals surface area contributed by atoms with E-state index in [9.17, 15) is 24.5 Å². The maximum atomic E-state index is 12.9. The summed E-state index contributed by atoms with van der Waals surface area (Å²) in [6.45, 7) is 5.50. The molecule has 1 aliphatic heterocycles. The molecule has 0 bridgehead atoms. The average molecular weight is 423 g/mol. The highest BCUT2D eigenvalue weighted by molar-refractivity contribution is 5.96. The van der Waals surface area contributed by atoms with Crippen LogP contribution in [0.5, 0.6) is 0 Å². The Morgan fingerprint density at radius 3 is 2.30 bits per heavy atom. The Kier molecular flexibility index (Phi) is 6.85. The number of ether oxygens (including phenoxy) is 2. The van der Waals surface area contributed by atoms with Gasteiger partial charge in [-0.1, -0.05) is 0 Å². The molecule has 0 saturated carbocycles. The van der Waals surface area contributed by atoms with Gasteiger partial charge in [0.2, 0.25) is 0 Å². The van der Waals surface area contributed by atoms with Crippen molar-refractivity contribution in [3.63, 3.8) is 0 Å². The lowest BCUT2D eigenvalue weighted by atomic mass is 10.0. The van der Waals surface area contributed by atoms with Gasteiger partial charge in [-0.05, 0) is 45.7 Å². The van der Waals surface area contributed by atoms with E-state index in [0.717, 1.165) is 13.2 Å². The molecule has 0 atom stereocenters. The van der Waals surface area contributed by atoms with Crippen LogP contribution in [0.15, 0.2) is 18.2 Å². The molecule has 11 heteroatoms. The fraction of sp³-hybridized carbons (Fsp3) is 0.526. The summed E-state index contributed by atoms with van der Waals surface area (Å²) < 4.78 is 10.1. The molecule has 1 aromatic rings. The number of hydrogen-bond donors (Lipinski definition) is 1. The first kappa shape index (κ1) is 22.9. The summed E-state index contributed by atoms with van der Waals surface area (Å²) in [5, 5.41) is 20.6. The Bertz CT molecular complexity index is 841. The molecule has 11 nitrogen and oxygen atoms in total. The van der Waals surface area contributed by atoms with E-state index in [0.29, 0.717) is 12.8 Å². The Labute approximate surface area is 173 Å². The van der Waals surface area contributed by atoms with Crippen LogP contribution in [0.1, 0.15) is 44.0 Å². The molecule has 1 aromatic carbocycles. The number of carbonyl (C=O) groups excluding carboxylic acids is 2. The van der Waals surface area contributed by atoms with Crippen LogP contribution >= 0.6 is 0 Å². The molecular formula is C19H25N3O8. The van der Waals surface area contributed by atoms with Crippen molar-refractivity contribution in [3.8, 4) is 0 Å². The predicted octanol–water partition coefficient (Wildman–Crippen LogP) is 3.27. The van der Waals surface area contributed by atoms with E-state index in [-0.39, 0.29) is 24.3 Å². The number of hydrogen-bond acceptors (Lipinski definition) is 7. The fourth-order valence-corrected chi connectivity index (χ4v) is 3.20. The largest absolute Gasteiger partial charge is 0.465 e. The SMILES string of the molecule is COC(=O)c1ccc(N(C(=O)OC(C)(C)C)C2CCN(C(=O)O)CC2)cc1[N+](=O)[O-]. The number of likely N-dealkylation sites (tertiary alicyclic amines) is 1. The van der Waals surface area contributed by atoms with E-state index in [1.54, 1.807) is 20.8 Å². The molecule has 0 spiro atoms. The molecule has 2 amide bonds. The van der Waals surface area contributed by atoms with Crippen molar-refractivity contribution in [2.45, 2.75) is 45.3 Å². The third-order valence-electron chi connectivity index (χ3n) is 4.55. The van der Waals surface area contributed by atoms with Gasteiger partial charge in [0.1, 0.15) is 11.2 Å². The molecule has 164 valence electrons. The minimum Gasteiger partial charge on any atom is -0.465 e. The number of methoxy groups -OCH3 is 1. The van der Waals surface area contributed by atoms with Crippen LogP contribution in [0, 0.1) is 10.1 Å². The number of carbonyl (C=O) groups is 3. The highest BCUT2D eigenvalue weighted by Crippen LogP contribution is 2.31. The van der Waals surface area contributed by atoms with Crippen molar-refractivity contribution in [2.75, 3.05) is 25.1 Å². The quantitative estimate of drug-likeness (QED) is 0.442. The van der Waals surface area contributed by atoms with Crippen LogP contribution < -0.4 is 4.90 Å². The van der Waals surface area contributed by atoms with E-state index in [1.165, 1.54) is 21.9 Å². The molecule has 0 aromatic heterocycles. The minimum atomic E-state index is -1.05. The van der Waals surface area contributed by atoms with Crippen LogP contribution in [0.3, 0.4) is 0 Å². The van der Waals surface area contributed by atoms with Crippen LogP contribution in [-0.2, 0) is 9.47 Å². The predicted molar refractivity (Wildman–Crippen MR) is 106 cm³/mol. The molecule has 1 heterocycles. The topological polar surface area (TPSA) is 140 Å². The standard InChI is InChI=1S/C19H25N3O8/c1-19(2,3)30-18(26)21(12-7-9-20(10-8-12)17(24)25)13-5-6-14(16(23)29-4)15(11-13)22(27)28/h5-6,11-12H,7-10H2,1-4H3,(H,24,25). The van der Waals surface area contributed by atoms with Crippen molar-refractivity contribution in [3.05, 3.63) is 33.9 Å². The van der Waals surface area contributed by atoms with Crippen molar-refractivity contribution in [1.82, 2.24) is 4.90 Å². The number of nitrogens with zero attached hydrogens (tertiary/aromatic N) is 3. The van der Waals surface area contributed by atoms with Crippen LogP contribution in [0.4, 0.5) is 21.0 Å². The monoisotopic (exact) mass is 423 g/mol. The molecule has 0 aliphatic carbocycles. The minimum absolute atomic E-state index is 0.178. The highest BCUT2D eigenvalue weighted by atomic mass is 16.6. The third kappa shape index (κ3) is 5.37. The van der Waals surface area contributed by atoms with E-state index in [2.05, 4.69) is 4.74 Å². The van der Waals surface area contributed by atoms with Crippen molar-refractivity contribution >= 4 is 29.5 Å². The normalized spacial score (nSPS) is 14.7. The molecule has 2 rings (SSSR count). The Morgan fingerprint density at radius 2 is 1.83 bits per heavy atom. The summed E-state index contributed by atoms with van der Waals surface area (Å²) in [6, 6.07) is 3.33. The third-order valence-corrected chi connectivity index (χ3v) is 4.55. The number of nitro benzene ring substituents is 1. The smallest absolute Gasteiger partial charge is 0.415 e. The number of benzene rings is 1. The molecule has 1 aliphatic rings. The van der Waals surface area contributed by atoms with Crippen molar-refractivity contribution in [1.29, 1.82) is 0 Å². The summed E-state index contributed by atoms with van der Waals surface area (Å²) in [5.74, 6) is -0.869. The zero-order valence-corrected chi connectivity index (χ0v) is 17.3. The summed E-state index contributed by atoms with van der Waals surface area (Å²) in [4.78, 5) is 49.3. The Hall–Kier alpha value is -3.37. The van der Waals surface area contributed by atoms with Gasteiger partial charge in [0, 0.05) is 25.2 Å². The molecule has 1 fully saturated rings. The lowest BCUT2D eigenvalue weighted by molar-refractivity contribution is -0.385. The summed E-state index contributed by atoms with van der Waals surface area (Å²) >= 11 is 0. The molecular weight excluding hydrogens is 398 g/mol. The number of piperidine rings is 1. The van der Waals surface area contributed by atoms with Crippen molar-refractivity contribution in [2.24, 2.45) is 0 Å². The summed E-state index contributed by atoms with van der Waals surface area (Å²) in [5.41, 5.74) is -1.38. The maximum Gasteiger partial charge on any atom is 0.415 e. The lowest BCUT2D eigenvalue weighted by Crippen LogP contribution is -2.50. The number of carboxylic acid groups (broad SMARTS) is 1. The van der Waals surface area contributed by atoms with Gasteiger partial charge in [0.25, 0.3) is 5.69 Å². The zero-order valence-electron chi connectivity index (χ0n) is 17.3. The van der Waals surface area contributed by atoms with Gasteiger partial charge in [-0.15, -0.1) is 0 Å². The van der Waals surface area contributed by atoms with Gasteiger partial charge in [-0.2, -0.15) is 0 Å². The van der Waals surface area contributed by atoms with Gasteiger partial charge >= 0.3 is 18.2 Å². The average Bonchev–Trinajstić information content (AvgIpc) is 2.66. The van der Waals surface area contributed by atoms with Gasteiger partial charge in [-0.3, -0.25) is 15.0 Å². The molecule has 1 N–H and O–H groups in total. The van der Waals surface area contributed by atoms with Crippen molar-refractivity contribution < 1.29 is 33.9 Å². The van der Waals surface area contributed by atoms with E-state index < -0.39 is 40.4 Å². The second-order valence-corrected chi connectivity index (χ2v) is 7.80. The second kappa shape index (κ2) is 8.97. The van der Waals surface area contributed by atoms with Crippen LogP contribution in [0.2, 0.25) is 0 Å². The fourth-order valence-electron chi connectivity index (χ4n) is 3.20. The number of amides is 2. The van der Waals surface area contributed by atoms with Crippen LogP contribution in [0.25, 0.3) is 0 Å². The van der Waals surface area contributed by atoms with E-state index in [1.807, 2.05) is 0 Å². The second-order valence-electron chi connectivity index (χ2n) is 7.80. The number of esters is 1. The number of rotatable bonds is 4. The first-order chi connectivity index (χ1) is 13.9. The Balaban J connectivity index is 2.45.